The van der Waals surface area contributed by atoms with E-state index in [9.17, 15) is 23.1 Å². The fourth-order valence-corrected chi connectivity index (χ4v) is 2.88. The molecule has 1 aromatic heterocycles. The molecule has 1 atom stereocenters. The van der Waals surface area contributed by atoms with Crippen LogP contribution in [-0.4, -0.2) is 34.4 Å². The molecule has 134 valence electrons. The van der Waals surface area contributed by atoms with E-state index in [0.717, 1.165) is 5.56 Å². The first-order valence-corrected chi connectivity index (χ1v) is 7.86. The number of carbonyl (C=O) groups is 1. The van der Waals surface area contributed by atoms with Crippen molar-refractivity contribution in [2.24, 2.45) is 0 Å². The lowest BCUT2D eigenvalue weighted by atomic mass is 9.94. The number of aromatic nitrogens is 2. The van der Waals surface area contributed by atoms with Crippen LogP contribution in [0, 0.1) is 6.92 Å². The van der Waals surface area contributed by atoms with E-state index in [2.05, 4.69) is 10.2 Å². The first-order valence-electron chi connectivity index (χ1n) is 7.86. The van der Waals surface area contributed by atoms with Crippen molar-refractivity contribution in [2.45, 2.75) is 19.3 Å². The molecule has 1 unspecified atom stereocenters. The molecule has 4 nitrogen and oxygen atoms in total. The summed E-state index contributed by atoms with van der Waals surface area (Å²) < 4.78 is 39.2. The Hall–Kier alpha value is -2.96. The van der Waals surface area contributed by atoms with Crippen LogP contribution in [0.1, 0.15) is 27.5 Å². The van der Waals surface area contributed by atoms with Crippen LogP contribution in [0.4, 0.5) is 13.2 Å². The number of fused-ring (bicyclic) bond motifs is 1. The van der Waals surface area contributed by atoms with Crippen molar-refractivity contribution in [3.8, 4) is 11.1 Å². The van der Waals surface area contributed by atoms with Gasteiger partial charge in [-0.15, -0.1) is 0 Å². The minimum absolute atomic E-state index is 0.0810. The van der Waals surface area contributed by atoms with Crippen molar-refractivity contribution in [2.75, 3.05) is 6.67 Å². The quantitative estimate of drug-likeness (QED) is 0.721. The van der Waals surface area contributed by atoms with Gasteiger partial charge in [-0.05, 0) is 41.8 Å². The second kappa shape index (κ2) is 7.11. The molecule has 0 spiro atoms. The molecule has 0 saturated carbocycles. The van der Waals surface area contributed by atoms with E-state index in [1.54, 1.807) is 30.3 Å². The maximum Gasteiger partial charge on any atom is 0.335 e. The van der Waals surface area contributed by atoms with Crippen molar-refractivity contribution in [1.82, 2.24) is 10.2 Å². The van der Waals surface area contributed by atoms with Crippen molar-refractivity contribution < 1.29 is 23.1 Å². The van der Waals surface area contributed by atoms with Crippen LogP contribution in [-0.2, 0) is 0 Å². The number of hydrogen-bond acceptors (Lipinski definition) is 3. The SMILES string of the molecule is Cc1ccc(C(=O)O)cc1-c1ccc2c(C(CF)C(F)F)nncc2c1. The lowest BCUT2D eigenvalue weighted by Gasteiger charge is -2.14. The maximum absolute atomic E-state index is 13.1. The summed E-state index contributed by atoms with van der Waals surface area (Å²) in [5.41, 5.74) is 2.36. The molecule has 0 aliphatic heterocycles. The zero-order valence-corrected chi connectivity index (χ0v) is 13.8. The van der Waals surface area contributed by atoms with E-state index < -0.39 is 25.0 Å². The summed E-state index contributed by atoms with van der Waals surface area (Å²) in [6, 6.07) is 9.75. The lowest BCUT2D eigenvalue weighted by Crippen LogP contribution is -2.14. The highest BCUT2D eigenvalue weighted by molar-refractivity contribution is 5.92. The normalized spacial score (nSPS) is 12.5. The molecule has 0 radical (unpaired) electrons. The summed E-state index contributed by atoms with van der Waals surface area (Å²) in [5.74, 6) is -2.67. The Bertz CT molecular complexity index is 976. The van der Waals surface area contributed by atoms with Gasteiger partial charge in [-0.1, -0.05) is 18.2 Å². The van der Waals surface area contributed by atoms with E-state index in [1.165, 1.54) is 12.3 Å². The van der Waals surface area contributed by atoms with Crippen LogP contribution in [0.15, 0.2) is 42.6 Å². The van der Waals surface area contributed by atoms with Crippen LogP contribution in [0.25, 0.3) is 21.9 Å². The number of nitrogens with zero attached hydrogens (tertiary/aromatic N) is 2. The summed E-state index contributed by atoms with van der Waals surface area (Å²) in [4.78, 5) is 11.2. The highest BCUT2D eigenvalue weighted by Crippen LogP contribution is 2.32. The third kappa shape index (κ3) is 3.24. The van der Waals surface area contributed by atoms with Gasteiger partial charge in [0.05, 0.1) is 23.4 Å². The molecule has 2 aromatic carbocycles. The second-order valence-corrected chi connectivity index (χ2v) is 5.96. The van der Waals surface area contributed by atoms with Gasteiger partial charge in [0.2, 0.25) is 6.43 Å². The number of benzene rings is 2. The minimum atomic E-state index is -2.88. The molecule has 0 fully saturated rings. The number of halogens is 3. The molecule has 3 aromatic rings. The Morgan fingerprint density at radius 1 is 1.19 bits per heavy atom. The van der Waals surface area contributed by atoms with E-state index in [0.29, 0.717) is 21.9 Å². The van der Waals surface area contributed by atoms with Gasteiger partial charge >= 0.3 is 5.97 Å². The van der Waals surface area contributed by atoms with E-state index >= 15 is 0 Å². The molecule has 7 heteroatoms. The first kappa shape index (κ1) is 17.8. The summed E-state index contributed by atoms with van der Waals surface area (Å²) in [5, 5.41) is 17.5. The Morgan fingerprint density at radius 2 is 1.96 bits per heavy atom. The van der Waals surface area contributed by atoms with Gasteiger partial charge in [-0.2, -0.15) is 10.2 Å². The lowest BCUT2D eigenvalue weighted by molar-refractivity contribution is 0.0696. The number of rotatable bonds is 5. The number of aryl methyl sites for hydroxylation is 1. The number of hydrogen-bond donors (Lipinski definition) is 1. The Balaban J connectivity index is 2.15. The molecule has 0 bridgehead atoms. The van der Waals surface area contributed by atoms with Crippen molar-refractivity contribution >= 4 is 16.7 Å². The minimum Gasteiger partial charge on any atom is -0.478 e. The van der Waals surface area contributed by atoms with E-state index in [-0.39, 0.29) is 11.3 Å². The number of carboxylic acids is 1. The molecule has 0 aliphatic rings. The third-order valence-corrected chi connectivity index (χ3v) is 4.31. The summed E-state index contributed by atoms with van der Waals surface area (Å²) in [7, 11) is 0. The van der Waals surface area contributed by atoms with Gasteiger partial charge in [0, 0.05) is 10.8 Å². The van der Waals surface area contributed by atoms with Gasteiger partial charge in [-0.25, -0.2) is 13.6 Å². The van der Waals surface area contributed by atoms with Gasteiger partial charge in [0.25, 0.3) is 0 Å². The summed E-state index contributed by atoms with van der Waals surface area (Å²) in [6.45, 7) is 0.615. The first-order chi connectivity index (χ1) is 12.4. The smallest absolute Gasteiger partial charge is 0.335 e. The zero-order chi connectivity index (χ0) is 18.8. The van der Waals surface area contributed by atoms with Gasteiger partial charge in [-0.3, -0.25) is 4.39 Å². The van der Waals surface area contributed by atoms with Crippen LogP contribution < -0.4 is 0 Å². The Morgan fingerprint density at radius 3 is 2.62 bits per heavy atom. The molecule has 0 saturated heterocycles. The van der Waals surface area contributed by atoms with Gasteiger partial charge in [0.15, 0.2) is 0 Å². The average Bonchev–Trinajstić information content (AvgIpc) is 2.62. The highest BCUT2D eigenvalue weighted by Gasteiger charge is 2.26. The molecular weight excluding hydrogens is 345 g/mol. The standard InChI is InChI=1S/C19H15F3N2O2/c1-10-2-3-12(19(25)26)7-15(10)11-4-5-14-13(6-11)9-23-24-17(14)16(8-20)18(21)22/h2-7,9,16,18H,8H2,1H3,(H,25,26). The van der Waals surface area contributed by atoms with Crippen molar-refractivity contribution in [3.63, 3.8) is 0 Å². The molecule has 1 heterocycles. The summed E-state index contributed by atoms with van der Waals surface area (Å²) >= 11 is 0. The van der Waals surface area contributed by atoms with Crippen molar-refractivity contribution in [3.05, 3.63) is 59.4 Å². The molecular formula is C19H15F3N2O2. The highest BCUT2D eigenvalue weighted by atomic mass is 19.3. The maximum atomic E-state index is 13.1. The predicted octanol–water partition coefficient (Wildman–Crippen LogP) is 4.62. The molecule has 3 rings (SSSR count). The van der Waals surface area contributed by atoms with Crippen LogP contribution in [0.2, 0.25) is 0 Å². The Kier molecular flexibility index (Phi) is 4.88. The van der Waals surface area contributed by atoms with Gasteiger partial charge < -0.3 is 5.11 Å². The summed E-state index contributed by atoms with van der Waals surface area (Å²) in [6.07, 6.45) is -1.46. The fraction of sp³-hybridized carbons (Fsp3) is 0.211. The van der Waals surface area contributed by atoms with E-state index in [1.807, 2.05) is 6.92 Å². The molecule has 0 aliphatic carbocycles. The monoisotopic (exact) mass is 360 g/mol. The van der Waals surface area contributed by atoms with Crippen LogP contribution >= 0.6 is 0 Å². The van der Waals surface area contributed by atoms with Gasteiger partial charge in [0.1, 0.15) is 6.67 Å². The molecule has 0 amide bonds. The average molecular weight is 360 g/mol. The predicted molar refractivity (Wildman–Crippen MR) is 91.4 cm³/mol. The fourth-order valence-electron chi connectivity index (χ4n) is 2.88. The molecule has 1 N–H and O–H groups in total. The molecule has 26 heavy (non-hydrogen) atoms. The van der Waals surface area contributed by atoms with Crippen LogP contribution in [0.3, 0.4) is 0 Å². The number of alkyl halides is 3. The van der Waals surface area contributed by atoms with Crippen LogP contribution in [0.5, 0.6) is 0 Å². The third-order valence-electron chi connectivity index (χ3n) is 4.31. The number of aromatic carboxylic acids is 1. The Labute approximate surface area is 147 Å². The largest absolute Gasteiger partial charge is 0.478 e. The number of carboxylic acid groups (broad SMARTS) is 1. The van der Waals surface area contributed by atoms with Crippen molar-refractivity contribution in [1.29, 1.82) is 0 Å². The topological polar surface area (TPSA) is 63.1 Å². The van der Waals surface area contributed by atoms with E-state index in [4.69, 9.17) is 0 Å². The zero-order valence-electron chi connectivity index (χ0n) is 13.8. The second-order valence-electron chi connectivity index (χ2n) is 5.96.